The van der Waals surface area contributed by atoms with Gasteiger partial charge in [-0.25, -0.2) is 0 Å². The number of rotatable bonds is 2. The van der Waals surface area contributed by atoms with Crippen molar-refractivity contribution in [1.29, 1.82) is 0 Å². The highest BCUT2D eigenvalue weighted by atomic mass is 14.3. The zero-order valence-electron chi connectivity index (χ0n) is 23.9. The maximum atomic E-state index is 2.50. The van der Waals surface area contributed by atoms with E-state index in [1.807, 2.05) is 0 Å². The molecule has 0 N–H and O–H groups in total. The largest absolute Gasteiger partial charge is 0.0561 e. The van der Waals surface area contributed by atoms with Gasteiger partial charge in [0.2, 0.25) is 0 Å². The Bertz CT molecular complexity index is 892. The van der Waals surface area contributed by atoms with Gasteiger partial charge in [0.25, 0.3) is 0 Å². The van der Waals surface area contributed by atoms with Crippen molar-refractivity contribution < 1.29 is 0 Å². The molecule has 2 rings (SSSR count). The van der Waals surface area contributed by atoms with E-state index in [0.29, 0.717) is 5.92 Å². The van der Waals surface area contributed by atoms with Gasteiger partial charge in [-0.15, -0.1) is 0 Å². The third kappa shape index (κ3) is 5.49. The average Bonchev–Trinajstić information content (AvgIpc) is 2.57. The lowest BCUT2D eigenvalue weighted by atomic mass is 9.72. The van der Waals surface area contributed by atoms with Crippen LogP contribution in [0.1, 0.15) is 140 Å². The van der Waals surface area contributed by atoms with Gasteiger partial charge >= 0.3 is 0 Å². The predicted octanol–water partition coefficient (Wildman–Crippen LogP) is 9.65. The summed E-state index contributed by atoms with van der Waals surface area (Å²) in [7, 11) is 0. The second-order valence-electron chi connectivity index (χ2n) is 14.2. The van der Waals surface area contributed by atoms with Crippen molar-refractivity contribution in [3.63, 3.8) is 0 Å². The summed E-state index contributed by atoms with van der Waals surface area (Å²) in [5.41, 5.74) is 12.2. The van der Waals surface area contributed by atoms with E-state index in [1.165, 1.54) is 44.5 Å². The lowest BCUT2D eigenvalue weighted by molar-refractivity contribution is 0.560. The van der Waals surface area contributed by atoms with Crippen LogP contribution in [0.3, 0.4) is 0 Å². The molecule has 0 amide bonds. The Morgan fingerprint density at radius 3 is 0.969 bits per heavy atom. The minimum absolute atomic E-state index is 0.124. The molecule has 0 aliphatic carbocycles. The molecule has 2 aromatic carbocycles. The Morgan fingerprint density at radius 1 is 0.469 bits per heavy atom. The maximum Gasteiger partial charge on any atom is 0.00666 e. The van der Waals surface area contributed by atoms with Crippen LogP contribution in [0.5, 0.6) is 0 Å². The SMILES string of the molecule is Cc1c(C(C)c2cc(C(C)(C)C)cc(C(C)(C)C)c2C)cc(C(C)(C)C)cc1C(C)(C)C. The molecule has 0 radical (unpaired) electrons. The van der Waals surface area contributed by atoms with Crippen LogP contribution in [-0.2, 0) is 21.7 Å². The molecule has 0 aliphatic heterocycles. The fraction of sp³-hybridized carbons (Fsp3) is 0.625. The van der Waals surface area contributed by atoms with Crippen molar-refractivity contribution in [3.05, 3.63) is 68.8 Å². The number of hydrogen-bond donors (Lipinski definition) is 0. The monoisotopic (exact) mass is 434 g/mol. The molecule has 0 unspecified atom stereocenters. The third-order valence-corrected chi connectivity index (χ3v) is 7.18. The third-order valence-electron chi connectivity index (χ3n) is 7.18. The zero-order chi connectivity index (χ0) is 25.0. The van der Waals surface area contributed by atoms with Gasteiger partial charge in [0.05, 0.1) is 0 Å². The first-order chi connectivity index (χ1) is 14.2. The van der Waals surface area contributed by atoms with Crippen LogP contribution < -0.4 is 0 Å². The topological polar surface area (TPSA) is 0 Å². The quantitative estimate of drug-likeness (QED) is 0.441. The summed E-state index contributed by atoms with van der Waals surface area (Å²) in [5.74, 6) is 0.349. The van der Waals surface area contributed by atoms with E-state index in [2.05, 4.69) is 128 Å². The van der Waals surface area contributed by atoms with Gasteiger partial charge in [0.1, 0.15) is 0 Å². The van der Waals surface area contributed by atoms with Crippen LogP contribution in [0.4, 0.5) is 0 Å². The minimum Gasteiger partial charge on any atom is -0.0561 e. The first-order valence-electron chi connectivity index (χ1n) is 12.5. The van der Waals surface area contributed by atoms with Crippen molar-refractivity contribution in [3.8, 4) is 0 Å². The van der Waals surface area contributed by atoms with Gasteiger partial charge in [0.15, 0.2) is 0 Å². The summed E-state index contributed by atoms with van der Waals surface area (Å²) >= 11 is 0. The standard InChI is InChI=1S/C32H50/c1-20(25-16-23(29(4,5)6)18-27(21(25)2)31(10,11)12)26-17-24(30(7,8)9)19-28(22(26)3)32(13,14)15/h16-20H,1-15H3. The first-order valence-corrected chi connectivity index (χ1v) is 12.5. The lowest BCUT2D eigenvalue weighted by Gasteiger charge is -2.33. The van der Waals surface area contributed by atoms with Gasteiger partial charge in [-0.05, 0) is 80.0 Å². The van der Waals surface area contributed by atoms with Crippen LogP contribution >= 0.6 is 0 Å². The molecular formula is C32H50. The van der Waals surface area contributed by atoms with Crippen LogP contribution in [0.25, 0.3) is 0 Å². The van der Waals surface area contributed by atoms with Gasteiger partial charge in [-0.3, -0.25) is 0 Å². The Kier molecular flexibility index (Phi) is 6.95. The number of hydrogen-bond acceptors (Lipinski definition) is 0. The second-order valence-corrected chi connectivity index (χ2v) is 14.2. The Balaban J connectivity index is 2.89. The average molecular weight is 435 g/mol. The Morgan fingerprint density at radius 2 is 0.750 bits per heavy atom. The van der Waals surface area contributed by atoms with Gasteiger partial charge < -0.3 is 0 Å². The van der Waals surface area contributed by atoms with Gasteiger partial charge in [-0.1, -0.05) is 114 Å². The highest BCUT2D eigenvalue weighted by molar-refractivity contribution is 5.52. The molecule has 0 fully saturated rings. The normalized spacial score (nSPS) is 13.8. The van der Waals surface area contributed by atoms with E-state index >= 15 is 0 Å². The number of benzene rings is 2. The molecule has 178 valence electrons. The molecular weight excluding hydrogens is 384 g/mol. The van der Waals surface area contributed by atoms with Crippen LogP contribution in [0.2, 0.25) is 0 Å². The molecule has 0 aromatic heterocycles. The molecule has 0 heterocycles. The van der Waals surface area contributed by atoms with Crippen molar-refractivity contribution in [2.75, 3.05) is 0 Å². The van der Waals surface area contributed by atoms with Crippen molar-refractivity contribution >= 4 is 0 Å². The summed E-state index contributed by atoms with van der Waals surface area (Å²) in [6.07, 6.45) is 0. The van der Waals surface area contributed by atoms with Crippen molar-refractivity contribution in [1.82, 2.24) is 0 Å². The minimum atomic E-state index is 0.124. The maximum absolute atomic E-state index is 2.50. The predicted molar refractivity (Wildman–Crippen MR) is 145 cm³/mol. The molecule has 0 saturated heterocycles. The van der Waals surface area contributed by atoms with E-state index in [0.717, 1.165) is 0 Å². The molecule has 0 aliphatic rings. The van der Waals surface area contributed by atoms with Crippen LogP contribution in [-0.4, -0.2) is 0 Å². The van der Waals surface area contributed by atoms with E-state index in [1.54, 1.807) is 0 Å². The van der Waals surface area contributed by atoms with E-state index in [4.69, 9.17) is 0 Å². The first kappa shape index (κ1) is 26.7. The molecule has 0 bridgehead atoms. The summed E-state index contributed by atoms with van der Waals surface area (Å²) in [4.78, 5) is 0. The lowest BCUT2D eigenvalue weighted by Crippen LogP contribution is -2.21. The molecule has 0 spiro atoms. The molecule has 2 aromatic rings. The fourth-order valence-corrected chi connectivity index (χ4v) is 4.96. The summed E-state index contributed by atoms with van der Waals surface area (Å²) in [6.45, 7) is 35.2. The molecule has 32 heavy (non-hydrogen) atoms. The van der Waals surface area contributed by atoms with Crippen LogP contribution in [0, 0.1) is 13.8 Å². The van der Waals surface area contributed by atoms with Crippen molar-refractivity contribution in [2.24, 2.45) is 0 Å². The second kappa shape index (κ2) is 8.34. The van der Waals surface area contributed by atoms with E-state index in [9.17, 15) is 0 Å². The molecule has 0 heteroatoms. The highest BCUT2D eigenvalue weighted by Gasteiger charge is 2.28. The molecule has 0 atom stereocenters. The Hall–Kier alpha value is -1.56. The van der Waals surface area contributed by atoms with Gasteiger partial charge in [0, 0.05) is 5.92 Å². The molecule has 0 saturated carbocycles. The summed E-state index contributed by atoms with van der Waals surface area (Å²) in [6, 6.07) is 9.92. The summed E-state index contributed by atoms with van der Waals surface area (Å²) in [5, 5.41) is 0. The van der Waals surface area contributed by atoms with Crippen molar-refractivity contribution in [2.45, 2.75) is 131 Å². The van der Waals surface area contributed by atoms with Gasteiger partial charge in [-0.2, -0.15) is 0 Å². The van der Waals surface area contributed by atoms with Crippen LogP contribution in [0.15, 0.2) is 24.3 Å². The fourth-order valence-electron chi connectivity index (χ4n) is 4.96. The smallest absolute Gasteiger partial charge is 0.00666 e. The molecule has 0 nitrogen and oxygen atoms in total. The highest BCUT2D eigenvalue weighted by Crippen LogP contribution is 2.41. The van der Waals surface area contributed by atoms with E-state index in [-0.39, 0.29) is 21.7 Å². The summed E-state index contributed by atoms with van der Waals surface area (Å²) < 4.78 is 0. The van der Waals surface area contributed by atoms with E-state index < -0.39 is 0 Å². The Labute approximate surface area is 200 Å². The zero-order valence-corrected chi connectivity index (χ0v) is 23.9.